The number of hydrogen-bond acceptors (Lipinski definition) is 14. The van der Waals surface area contributed by atoms with Crippen molar-refractivity contribution in [2.24, 2.45) is 17.8 Å². The van der Waals surface area contributed by atoms with Gasteiger partial charge in [-0.1, -0.05) is 20.8 Å². The summed E-state index contributed by atoms with van der Waals surface area (Å²) >= 11 is 0. The van der Waals surface area contributed by atoms with Crippen LogP contribution in [0.4, 0.5) is 0 Å². The maximum absolute atomic E-state index is 14.2. The smallest absolute Gasteiger partial charge is 0.311 e. The molecule has 306 valence electrons. The highest BCUT2D eigenvalue weighted by Gasteiger charge is 2.52. The molecule has 0 bridgehead atoms. The molecule has 3 saturated heterocycles. The fourth-order valence-corrected chi connectivity index (χ4v) is 8.74. The molecule has 3 heterocycles. The van der Waals surface area contributed by atoms with Crippen LogP contribution in [0.5, 0.6) is 0 Å². The zero-order valence-corrected chi connectivity index (χ0v) is 34.2. The van der Waals surface area contributed by atoms with E-state index in [-0.39, 0.29) is 37.3 Å². The molecule has 3 aliphatic heterocycles. The highest BCUT2D eigenvalue weighted by Crippen LogP contribution is 2.40. The maximum Gasteiger partial charge on any atom is 0.311 e. The molecule has 8 unspecified atom stereocenters. The molecule has 0 spiro atoms. The molecule has 5 N–H and O–H groups in total. The monoisotopic (exact) mass is 749 g/mol. The second-order valence-corrected chi connectivity index (χ2v) is 17.2. The Morgan fingerprint density at radius 2 is 1.56 bits per heavy atom. The lowest BCUT2D eigenvalue weighted by Gasteiger charge is -2.48. The van der Waals surface area contributed by atoms with Gasteiger partial charge in [0.15, 0.2) is 12.6 Å². The molecule has 0 amide bonds. The van der Waals surface area contributed by atoms with Crippen LogP contribution in [0.15, 0.2) is 0 Å². The Morgan fingerprint density at radius 1 is 0.942 bits per heavy atom. The minimum absolute atomic E-state index is 0.133. The van der Waals surface area contributed by atoms with Crippen molar-refractivity contribution >= 4 is 5.97 Å². The third kappa shape index (κ3) is 10.0. The highest BCUT2D eigenvalue weighted by molar-refractivity contribution is 5.73. The SMILES string of the molecule is CC[C@H]1OC(=O)[C@@H](C)[C@@H](OC2CC(C)(OC)C(O)C(C)O2)[C@H](C)[C@@H](OC2OC(C)CC(N(C)C)C2O)[C@@](C)(O)C[C@@H](C)CN(C)[C@@H](C)[C@H](O)[C@]1(C)O. The summed E-state index contributed by atoms with van der Waals surface area (Å²) in [5.74, 6) is -2.58. The summed E-state index contributed by atoms with van der Waals surface area (Å²) in [5, 5.41) is 58.1. The zero-order valence-electron chi connectivity index (χ0n) is 34.2. The van der Waals surface area contributed by atoms with Gasteiger partial charge < -0.3 is 63.8 Å². The first-order valence-electron chi connectivity index (χ1n) is 19.1. The molecule has 14 nitrogen and oxygen atoms in total. The Hall–Kier alpha value is -1.01. The Labute approximate surface area is 312 Å². The number of hydrogen-bond donors (Lipinski definition) is 5. The molecule has 0 radical (unpaired) electrons. The van der Waals surface area contributed by atoms with Crippen molar-refractivity contribution < 1.29 is 58.7 Å². The average molecular weight is 749 g/mol. The van der Waals surface area contributed by atoms with Gasteiger partial charge in [0, 0.05) is 38.1 Å². The van der Waals surface area contributed by atoms with Crippen LogP contribution in [0.1, 0.15) is 94.9 Å². The summed E-state index contributed by atoms with van der Waals surface area (Å²) in [7, 11) is 7.12. The van der Waals surface area contributed by atoms with Crippen LogP contribution in [-0.4, -0.2) is 166 Å². The molecule has 18 atom stereocenters. The van der Waals surface area contributed by atoms with Gasteiger partial charge in [-0.25, -0.2) is 0 Å². The lowest BCUT2D eigenvalue weighted by Crippen LogP contribution is -2.60. The fourth-order valence-electron chi connectivity index (χ4n) is 8.74. The molecule has 0 aromatic carbocycles. The van der Waals surface area contributed by atoms with E-state index in [0.717, 1.165) is 0 Å². The lowest BCUT2D eigenvalue weighted by molar-refractivity contribution is -0.318. The first kappa shape index (κ1) is 45.4. The summed E-state index contributed by atoms with van der Waals surface area (Å²) in [6, 6.07) is -0.808. The summed E-state index contributed by atoms with van der Waals surface area (Å²) in [5.41, 5.74) is -4.37. The van der Waals surface area contributed by atoms with E-state index >= 15 is 0 Å². The van der Waals surface area contributed by atoms with Crippen LogP contribution in [0, 0.1) is 17.8 Å². The quantitative estimate of drug-likeness (QED) is 0.238. The van der Waals surface area contributed by atoms with Crippen LogP contribution in [0.3, 0.4) is 0 Å². The number of carbonyl (C=O) groups excluding carboxylic acids is 1. The first-order valence-corrected chi connectivity index (χ1v) is 19.1. The van der Waals surface area contributed by atoms with Gasteiger partial charge in [-0.05, 0) is 94.8 Å². The van der Waals surface area contributed by atoms with Gasteiger partial charge >= 0.3 is 5.97 Å². The molecule has 0 aromatic rings. The van der Waals surface area contributed by atoms with E-state index in [1.165, 1.54) is 14.0 Å². The van der Waals surface area contributed by atoms with Gasteiger partial charge in [-0.3, -0.25) is 4.79 Å². The van der Waals surface area contributed by atoms with Crippen molar-refractivity contribution in [3.63, 3.8) is 0 Å². The van der Waals surface area contributed by atoms with E-state index in [1.54, 1.807) is 41.5 Å². The lowest BCUT2D eigenvalue weighted by atomic mass is 9.77. The van der Waals surface area contributed by atoms with Gasteiger partial charge in [0.05, 0.1) is 41.5 Å². The van der Waals surface area contributed by atoms with Crippen LogP contribution < -0.4 is 0 Å². The zero-order chi connectivity index (χ0) is 39.7. The average Bonchev–Trinajstić information content (AvgIpc) is 3.05. The summed E-state index contributed by atoms with van der Waals surface area (Å²) in [6.45, 7) is 18.0. The second-order valence-electron chi connectivity index (χ2n) is 17.2. The topological polar surface area (TPSA) is 180 Å². The highest BCUT2D eigenvalue weighted by atomic mass is 16.7. The van der Waals surface area contributed by atoms with Crippen molar-refractivity contribution in [1.29, 1.82) is 0 Å². The number of methoxy groups -OCH3 is 1. The number of nitrogens with zero attached hydrogens (tertiary/aromatic N) is 2. The van der Waals surface area contributed by atoms with E-state index in [2.05, 4.69) is 0 Å². The molecule has 0 saturated carbocycles. The minimum atomic E-state index is -1.80. The van der Waals surface area contributed by atoms with Crippen molar-refractivity contribution in [1.82, 2.24) is 9.80 Å². The predicted molar refractivity (Wildman–Crippen MR) is 194 cm³/mol. The third-order valence-electron chi connectivity index (χ3n) is 12.2. The Morgan fingerprint density at radius 3 is 2.12 bits per heavy atom. The number of rotatable bonds is 7. The normalized spacial score (nSPS) is 49.6. The van der Waals surface area contributed by atoms with Crippen LogP contribution >= 0.6 is 0 Å². The number of carbonyl (C=O) groups is 1. The molecule has 3 rings (SSSR count). The van der Waals surface area contributed by atoms with Gasteiger partial charge in [-0.2, -0.15) is 0 Å². The van der Waals surface area contributed by atoms with Crippen LogP contribution in [0.25, 0.3) is 0 Å². The van der Waals surface area contributed by atoms with E-state index in [4.69, 9.17) is 28.4 Å². The van der Waals surface area contributed by atoms with Gasteiger partial charge in [0.2, 0.25) is 0 Å². The van der Waals surface area contributed by atoms with Crippen molar-refractivity contribution in [2.75, 3.05) is 34.8 Å². The van der Waals surface area contributed by atoms with Crippen LogP contribution in [0.2, 0.25) is 0 Å². The molecule has 0 aromatic heterocycles. The first-order chi connectivity index (χ1) is 23.9. The van der Waals surface area contributed by atoms with Gasteiger partial charge in [-0.15, -0.1) is 0 Å². The summed E-state index contributed by atoms with van der Waals surface area (Å²) < 4.78 is 37.5. The van der Waals surface area contributed by atoms with Crippen molar-refractivity contribution in [2.45, 2.75) is 185 Å². The number of cyclic esters (lactones) is 1. The second kappa shape index (κ2) is 17.8. The predicted octanol–water partition coefficient (Wildman–Crippen LogP) is 1.90. The Balaban J connectivity index is 2.17. The fraction of sp³-hybridized carbons (Fsp3) is 0.974. The Bertz CT molecular complexity index is 1140. The third-order valence-corrected chi connectivity index (χ3v) is 12.2. The maximum atomic E-state index is 14.2. The van der Waals surface area contributed by atoms with Gasteiger partial charge in [0.1, 0.15) is 30.0 Å². The summed E-state index contributed by atoms with van der Waals surface area (Å²) in [6.07, 6.45) is -8.19. The van der Waals surface area contributed by atoms with E-state index in [1.807, 2.05) is 51.7 Å². The molecular formula is C38H72N2O12. The molecule has 3 aliphatic rings. The van der Waals surface area contributed by atoms with Gasteiger partial charge in [0.25, 0.3) is 0 Å². The number of likely N-dealkylation sites (N-methyl/N-ethyl adjacent to an activating group) is 2. The number of ether oxygens (including phenoxy) is 6. The number of aliphatic hydroxyl groups is 5. The standard InChI is InChI=1S/C38H72N2O12/c1-15-27-38(10,46)31(42)24(6)40(13)19-20(2)17-36(8,45)33(52-35-29(41)26(39(11)12)16-21(3)48-35)22(4)30(23(5)34(44)50-27)51-28-18-37(9,47-14)32(43)25(7)49-28/h20-33,35,41-43,45-46H,15-19H2,1-14H3/t20-,21?,22+,23+,24+,25?,26?,27-,28?,29?,30+,31+,32?,33-,35?,36+,37?,38-/m1/s1. The molecule has 3 fully saturated rings. The molecule has 14 heteroatoms. The van der Waals surface area contributed by atoms with Crippen LogP contribution in [-0.2, 0) is 33.2 Å². The molecule has 0 aliphatic carbocycles. The number of esters is 1. The van der Waals surface area contributed by atoms with E-state index < -0.39 is 96.0 Å². The summed E-state index contributed by atoms with van der Waals surface area (Å²) in [4.78, 5) is 18.0. The van der Waals surface area contributed by atoms with Crippen molar-refractivity contribution in [3.8, 4) is 0 Å². The molecular weight excluding hydrogens is 676 g/mol. The number of aliphatic hydroxyl groups excluding tert-OH is 3. The van der Waals surface area contributed by atoms with Crippen molar-refractivity contribution in [3.05, 3.63) is 0 Å². The largest absolute Gasteiger partial charge is 0.459 e. The molecule has 52 heavy (non-hydrogen) atoms. The van der Waals surface area contributed by atoms with E-state index in [9.17, 15) is 30.3 Å². The van der Waals surface area contributed by atoms with E-state index in [0.29, 0.717) is 13.0 Å². The Kier molecular flexibility index (Phi) is 15.6. The minimum Gasteiger partial charge on any atom is -0.459 e.